The quantitative estimate of drug-likeness (QED) is 0.776. The first-order valence-electron chi connectivity index (χ1n) is 5.88. The molecular formula is C13H18ClNO3. The van der Waals surface area contributed by atoms with Gasteiger partial charge in [0.05, 0.1) is 12.7 Å². The average Bonchev–Trinajstić information content (AvgIpc) is 2.36. The lowest BCUT2D eigenvalue weighted by molar-refractivity contribution is -0.145. The zero-order chi connectivity index (χ0) is 13.5. The second-order valence-electron chi connectivity index (χ2n) is 3.95. The minimum atomic E-state index is -0.681. The Morgan fingerprint density at radius 1 is 1.44 bits per heavy atom. The van der Waals surface area contributed by atoms with E-state index >= 15 is 0 Å². The largest absolute Gasteiger partial charge is 0.465 e. The number of aliphatic hydroxyl groups excluding tert-OH is 1. The Kier molecular flexibility index (Phi) is 6.12. The molecule has 0 aliphatic rings. The van der Waals surface area contributed by atoms with Crippen molar-refractivity contribution in [3.8, 4) is 0 Å². The molecule has 0 saturated carbocycles. The molecule has 0 fully saturated rings. The number of hydrogen-bond acceptors (Lipinski definition) is 4. The average molecular weight is 272 g/mol. The van der Waals surface area contributed by atoms with Gasteiger partial charge in [-0.05, 0) is 31.5 Å². The SMILES string of the molecule is CCOC(=O)C(C)NCC(O)c1ccc(Cl)cc1. The van der Waals surface area contributed by atoms with Gasteiger partial charge in [-0.25, -0.2) is 0 Å². The first-order valence-corrected chi connectivity index (χ1v) is 6.26. The molecule has 0 aliphatic carbocycles. The van der Waals surface area contributed by atoms with Crippen LogP contribution in [0.25, 0.3) is 0 Å². The first kappa shape index (κ1) is 15.0. The molecule has 0 aromatic heterocycles. The molecule has 0 saturated heterocycles. The Morgan fingerprint density at radius 3 is 2.61 bits per heavy atom. The number of halogens is 1. The van der Waals surface area contributed by atoms with Crippen LogP contribution in [0.15, 0.2) is 24.3 Å². The van der Waals surface area contributed by atoms with Gasteiger partial charge in [-0.3, -0.25) is 4.79 Å². The van der Waals surface area contributed by atoms with Crippen molar-refractivity contribution in [2.24, 2.45) is 0 Å². The number of benzene rings is 1. The van der Waals surface area contributed by atoms with Crippen LogP contribution in [0.4, 0.5) is 0 Å². The standard InChI is InChI=1S/C13H18ClNO3/c1-3-18-13(17)9(2)15-8-12(16)10-4-6-11(14)7-5-10/h4-7,9,12,15-16H,3,8H2,1-2H3. The van der Waals surface area contributed by atoms with Crippen molar-refractivity contribution in [1.82, 2.24) is 5.32 Å². The Balaban J connectivity index is 2.43. The summed E-state index contributed by atoms with van der Waals surface area (Å²) < 4.78 is 4.86. The number of aliphatic hydroxyl groups is 1. The molecule has 18 heavy (non-hydrogen) atoms. The van der Waals surface area contributed by atoms with Crippen LogP contribution in [-0.2, 0) is 9.53 Å². The van der Waals surface area contributed by atoms with E-state index in [1.807, 2.05) is 0 Å². The maximum Gasteiger partial charge on any atom is 0.322 e. The Morgan fingerprint density at radius 2 is 2.06 bits per heavy atom. The summed E-state index contributed by atoms with van der Waals surface area (Å²) in [5, 5.41) is 13.5. The third-order valence-electron chi connectivity index (χ3n) is 2.51. The molecule has 4 nitrogen and oxygen atoms in total. The number of ether oxygens (including phenoxy) is 1. The van der Waals surface area contributed by atoms with Crippen LogP contribution < -0.4 is 5.32 Å². The van der Waals surface area contributed by atoms with Crippen molar-refractivity contribution >= 4 is 17.6 Å². The van der Waals surface area contributed by atoms with Crippen LogP contribution >= 0.6 is 11.6 Å². The van der Waals surface area contributed by atoms with Gasteiger partial charge in [0.2, 0.25) is 0 Å². The number of carbonyl (C=O) groups excluding carboxylic acids is 1. The summed E-state index contributed by atoms with van der Waals surface area (Å²) >= 11 is 5.76. The second-order valence-corrected chi connectivity index (χ2v) is 4.39. The lowest BCUT2D eigenvalue weighted by Crippen LogP contribution is -2.37. The molecular weight excluding hydrogens is 254 g/mol. The molecule has 0 aliphatic heterocycles. The topological polar surface area (TPSA) is 58.6 Å². The van der Waals surface area contributed by atoms with E-state index in [1.165, 1.54) is 0 Å². The van der Waals surface area contributed by atoms with Crippen LogP contribution in [0.2, 0.25) is 5.02 Å². The maximum atomic E-state index is 11.4. The number of carbonyl (C=O) groups is 1. The number of nitrogens with one attached hydrogen (secondary N) is 1. The molecule has 5 heteroatoms. The van der Waals surface area contributed by atoms with Gasteiger partial charge in [0.25, 0.3) is 0 Å². The van der Waals surface area contributed by atoms with Crippen molar-refractivity contribution in [3.63, 3.8) is 0 Å². The van der Waals surface area contributed by atoms with Gasteiger partial charge in [-0.2, -0.15) is 0 Å². The van der Waals surface area contributed by atoms with E-state index in [0.29, 0.717) is 11.6 Å². The van der Waals surface area contributed by atoms with E-state index in [4.69, 9.17) is 16.3 Å². The van der Waals surface area contributed by atoms with E-state index < -0.39 is 12.1 Å². The van der Waals surface area contributed by atoms with Gasteiger partial charge in [-0.1, -0.05) is 23.7 Å². The summed E-state index contributed by atoms with van der Waals surface area (Å²) in [5.41, 5.74) is 0.753. The second kappa shape index (κ2) is 7.36. The lowest BCUT2D eigenvalue weighted by atomic mass is 10.1. The van der Waals surface area contributed by atoms with E-state index in [1.54, 1.807) is 38.1 Å². The summed E-state index contributed by atoms with van der Waals surface area (Å²) in [6, 6.07) is 6.50. The van der Waals surface area contributed by atoms with Crippen LogP contribution in [-0.4, -0.2) is 30.3 Å². The molecule has 0 amide bonds. The molecule has 2 unspecified atom stereocenters. The summed E-state index contributed by atoms with van der Waals surface area (Å²) in [7, 11) is 0. The molecule has 0 radical (unpaired) electrons. The minimum absolute atomic E-state index is 0.279. The van der Waals surface area contributed by atoms with Gasteiger partial charge in [-0.15, -0.1) is 0 Å². The van der Waals surface area contributed by atoms with E-state index in [9.17, 15) is 9.90 Å². The third-order valence-corrected chi connectivity index (χ3v) is 2.76. The number of rotatable bonds is 6. The molecule has 0 bridgehead atoms. The highest BCUT2D eigenvalue weighted by atomic mass is 35.5. The molecule has 100 valence electrons. The fourth-order valence-corrected chi connectivity index (χ4v) is 1.57. The van der Waals surface area contributed by atoms with Crippen LogP contribution in [0, 0.1) is 0 Å². The third kappa shape index (κ3) is 4.64. The minimum Gasteiger partial charge on any atom is -0.465 e. The predicted octanol–water partition coefficient (Wildman–Crippen LogP) is 1.91. The molecule has 2 atom stereocenters. The number of hydrogen-bond donors (Lipinski definition) is 2. The Labute approximate surface area is 112 Å². The van der Waals surface area contributed by atoms with E-state index in [2.05, 4.69) is 5.32 Å². The Bertz CT molecular complexity index is 380. The van der Waals surface area contributed by atoms with Crippen LogP contribution in [0.1, 0.15) is 25.5 Å². The van der Waals surface area contributed by atoms with Gasteiger partial charge in [0, 0.05) is 11.6 Å². The summed E-state index contributed by atoms with van der Waals surface area (Å²) in [6.45, 7) is 4.09. The van der Waals surface area contributed by atoms with Crippen molar-refractivity contribution in [2.45, 2.75) is 26.0 Å². The molecule has 0 spiro atoms. The number of esters is 1. The molecule has 1 rings (SSSR count). The van der Waals surface area contributed by atoms with E-state index in [0.717, 1.165) is 5.56 Å². The van der Waals surface area contributed by atoms with Crippen LogP contribution in [0.5, 0.6) is 0 Å². The van der Waals surface area contributed by atoms with Crippen molar-refractivity contribution in [3.05, 3.63) is 34.9 Å². The van der Waals surface area contributed by atoms with Crippen molar-refractivity contribution < 1.29 is 14.6 Å². The highest BCUT2D eigenvalue weighted by Gasteiger charge is 2.15. The molecule has 0 heterocycles. The monoisotopic (exact) mass is 271 g/mol. The molecule has 1 aromatic rings. The normalized spacial score (nSPS) is 14.0. The molecule has 2 N–H and O–H groups in total. The fraction of sp³-hybridized carbons (Fsp3) is 0.462. The Hall–Kier alpha value is -1.10. The summed E-state index contributed by atoms with van der Waals surface area (Å²) in [5.74, 6) is -0.319. The highest BCUT2D eigenvalue weighted by Crippen LogP contribution is 2.15. The smallest absolute Gasteiger partial charge is 0.322 e. The summed E-state index contributed by atoms with van der Waals surface area (Å²) in [6.07, 6.45) is -0.681. The summed E-state index contributed by atoms with van der Waals surface area (Å²) in [4.78, 5) is 11.4. The zero-order valence-electron chi connectivity index (χ0n) is 10.5. The lowest BCUT2D eigenvalue weighted by Gasteiger charge is -2.16. The van der Waals surface area contributed by atoms with Crippen molar-refractivity contribution in [2.75, 3.05) is 13.2 Å². The maximum absolute atomic E-state index is 11.4. The molecule has 1 aromatic carbocycles. The highest BCUT2D eigenvalue weighted by molar-refractivity contribution is 6.30. The fourth-order valence-electron chi connectivity index (χ4n) is 1.44. The van der Waals surface area contributed by atoms with Gasteiger partial charge >= 0.3 is 5.97 Å². The van der Waals surface area contributed by atoms with Crippen molar-refractivity contribution in [1.29, 1.82) is 0 Å². The zero-order valence-corrected chi connectivity index (χ0v) is 11.3. The van der Waals surface area contributed by atoms with Gasteiger partial charge in [0.1, 0.15) is 6.04 Å². The van der Waals surface area contributed by atoms with E-state index in [-0.39, 0.29) is 12.5 Å². The van der Waals surface area contributed by atoms with Gasteiger partial charge < -0.3 is 15.2 Å². The van der Waals surface area contributed by atoms with Gasteiger partial charge in [0.15, 0.2) is 0 Å². The first-order chi connectivity index (χ1) is 8.54. The predicted molar refractivity (Wildman–Crippen MR) is 70.5 cm³/mol. The van der Waals surface area contributed by atoms with Crippen LogP contribution in [0.3, 0.4) is 0 Å².